The van der Waals surface area contributed by atoms with E-state index >= 15 is 0 Å². The molecule has 0 nitrogen and oxygen atoms in total. The smallest absolute Gasteiger partial charge is 0.00976 e. The van der Waals surface area contributed by atoms with E-state index in [2.05, 4.69) is 22.3 Å². The van der Waals surface area contributed by atoms with Gasteiger partial charge in [0.05, 0.1) is 0 Å². The molecule has 0 aliphatic carbocycles. The lowest BCUT2D eigenvalue weighted by Crippen LogP contribution is -1.83. The van der Waals surface area contributed by atoms with Crippen LogP contribution in [0.2, 0.25) is 0 Å². The van der Waals surface area contributed by atoms with Crippen molar-refractivity contribution in [1.82, 2.24) is 0 Å². The second-order valence-corrected chi connectivity index (χ2v) is 6.39. The fourth-order valence-electron chi connectivity index (χ4n) is 1.79. The zero-order valence-corrected chi connectivity index (χ0v) is 12.9. The molecule has 1 aliphatic heterocycles. The summed E-state index contributed by atoms with van der Waals surface area (Å²) in [5.74, 6) is 8.95. The third-order valence-corrected chi connectivity index (χ3v) is 4.45. The Morgan fingerprint density at radius 3 is 1.50 bits per heavy atom. The summed E-state index contributed by atoms with van der Waals surface area (Å²) in [4.78, 5) is 0. The molecular weight excluding hydrogens is 256 g/mol. The number of thioether (sulfide) groups is 2. The first-order valence-electron chi connectivity index (χ1n) is 7.19. The lowest BCUT2D eigenvalue weighted by molar-refractivity contribution is 0.628. The average Bonchev–Trinajstić information content (AvgIpc) is 2.39. The topological polar surface area (TPSA) is 0 Å². The van der Waals surface area contributed by atoms with E-state index in [4.69, 9.17) is 0 Å². The molecule has 1 heterocycles. The Labute approximate surface area is 121 Å². The van der Waals surface area contributed by atoms with Crippen LogP contribution >= 0.6 is 23.5 Å². The molecule has 0 fully saturated rings. The number of hydrogen-bond acceptors (Lipinski definition) is 2. The summed E-state index contributed by atoms with van der Waals surface area (Å²) in [6, 6.07) is 0. The van der Waals surface area contributed by atoms with Gasteiger partial charge in [0.1, 0.15) is 0 Å². The monoisotopic (exact) mass is 280 g/mol. The standard InChI is InChI=1S/C16H24S2/c1-2-4-6-9-13-17-15-11-8-12-16-18-14-10-7-5-3-1/h1-8,11-12,15-16H2. The van der Waals surface area contributed by atoms with Crippen molar-refractivity contribution < 1.29 is 0 Å². The first-order chi connectivity index (χ1) is 9.00. The predicted molar refractivity (Wildman–Crippen MR) is 86.6 cm³/mol. The first kappa shape index (κ1) is 15.9. The van der Waals surface area contributed by atoms with E-state index in [-0.39, 0.29) is 0 Å². The van der Waals surface area contributed by atoms with Gasteiger partial charge in [0.25, 0.3) is 0 Å². The molecule has 2 heteroatoms. The Hall–Kier alpha value is -0.180. The molecule has 0 aromatic rings. The van der Waals surface area contributed by atoms with Gasteiger partial charge < -0.3 is 0 Å². The van der Waals surface area contributed by atoms with E-state index in [1.54, 1.807) is 23.5 Å². The van der Waals surface area contributed by atoms with E-state index in [0.29, 0.717) is 0 Å². The third-order valence-electron chi connectivity index (χ3n) is 2.89. The maximum Gasteiger partial charge on any atom is 0.00976 e. The molecule has 1 rings (SSSR count). The Morgan fingerprint density at radius 2 is 0.944 bits per heavy atom. The summed E-state index contributed by atoms with van der Waals surface area (Å²) in [7, 11) is 0. The van der Waals surface area contributed by atoms with Crippen LogP contribution < -0.4 is 0 Å². The number of hydrogen-bond donors (Lipinski definition) is 0. The van der Waals surface area contributed by atoms with Gasteiger partial charge in [-0.1, -0.05) is 61.0 Å². The van der Waals surface area contributed by atoms with Crippen molar-refractivity contribution >= 4 is 23.5 Å². The predicted octanol–water partition coefficient (Wildman–Crippen LogP) is 5.29. The molecule has 0 saturated heterocycles. The Morgan fingerprint density at radius 1 is 0.500 bits per heavy atom. The van der Waals surface area contributed by atoms with Gasteiger partial charge >= 0.3 is 0 Å². The highest BCUT2D eigenvalue weighted by molar-refractivity contribution is 8.04. The van der Waals surface area contributed by atoms with Crippen molar-refractivity contribution in [2.24, 2.45) is 0 Å². The molecule has 18 heavy (non-hydrogen) atoms. The molecular formula is C16H24S2. The van der Waals surface area contributed by atoms with E-state index in [9.17, 15) is 0 Å². The minimum Gasteiger partial charge on any atom is -0.0913 e. The van der Waals surface area contributed by atoms with Crippen LogP contribution in [0.4, 0.5) is 0 Å². The SMILES string of the molecule is C1#CSCCCCCSC#CCCCCCCC1. The first-order valence-corrected chi connectivity index (χ1v) is 9.16. The zero-order chi connectivity index (χ0) is 12.7. The maximum atomic E-state index is 3.28. The van der Waals surface area contributed by atoms with Gasteiger partial charge in [-0.05, 0) is 36.2 Å². The van der Waals surface area contributed by atoms with Gasteiger partial charge in [-0.15, -0.1) is 0 Å². The molecule has 0 N–H and O–H groups in total. The molecule has 0 atom stereocenters. The minimum atomic E-state index is 1.09. The van der Waals surface area contributed by atoms with Crippen LogP contribution in [0.3, 0.4) is 0 Å². The van der Waals surface area contributed by atoms with Crippen LogP contribution in [0.5, 0.6) is 0 Å². The molecule has 0 aromatic carbocycles. The molecule has 0 aromatic heterocycles. The van der Waals surface area contributed by atoms with Gasteiger partial charge in [-0.2, -0.15) is 0 Å². The molecule has 100 valence electrons. The maximum absolute atomic E-state index is 3.28. The Balaban J connectivity index is 2.16. The van der Waals surface area contributed by atoms with Crippen LogP contribution in [0.25, 0.3) is 0 Å². The van der Waals surface area contributed by atoms with Gasteiger partial charge in [0, 0.05) is 24.3 Å². The molecule has 0 radical (unpaired) electrons. The molecule has 0 bridgehead atoms. The highest BCUT2D eigenvalue weighted by atomic mass is 32.2. The summed E-state index contributed by atoms with van der Waals surface area (Å²) in [6.45, 7) is 0. The molecule has 1 aliphatic rings. The highest BCUT2D eigenvalue weighted by Gasteiger charge is 1.91. The summed E-state index contributed by atoms with van der Waals surface area (Å²) < 4.78 is 0. The Bertz CT molecular complexity index is 245. The summed E-state index contributed by atoms with van der Waals surface area (Å²) in [6.07, 6.45) is 12.7. The van der Waals surface area contributed by atoms with Crippen LogP contribution in [0.1, 0.15) is 64.2 Å². The van der Waals surface area contributed by atoms with Crippen LogP contribution in [-0.4, -0.2) is 11.5 Å². The van der Waals surface area contributed by atoms with E-state index in [1.165, 1.54) is 62.9 Å². The molecule has 0 saturated carbocycles. The highest BCUT2D eigenvalue weighted by Crippen LogP contribution is 2.10. The molecule has 0 spiro atoms. The lowest BCUT2D eigenvalue weighted by atomic mass is 10.1. The van der Waals surface area contributed by atoms with Crippen molar-refractivity contribution in [1.29, 1.82) is 0 Å². The van der Waals surface area contributed by atoms with Crippen LogP contribution in [0.15, 0.2) is 0 Å². The number of rotatable bonds is 0. The third kappa shape index (κ3) is 10.9. The summed E-state index contributed by atoms with van der Waals surface area (Å²) in [5.41, 5.74) is 0. The zero-order valence-electron chi connectivity index (χ0n) is 11.3. The van der Waals surface area contributed by atoms with E-state index < -0.39 is 0 Å². The summed E-state index contributed by atoms with van der Waals surface area (Å²) >= 11 is 3.60. The van der Waals surface area contributed by atoms with Crippen molar-refractivity contribution in [3.63, 3.8) is 0 Å². The fraction of sp³-hybridized carbons (Fsp3) is 0.750. The molecule has 0 unspecified atom stereocenters. The molecule has 0 amide bonds. The van der Waals surface area contributed by atoms with Gasteiger partial charge in [-0.25, -0.2) is 0 Å². The largest absolute Gasteiger partial charge is 0.0913 e. The van der Waals surface area contributed by atoms with Crippen molar-refractivity contribution in [3.05, 3.63) is 0 Å². The second kappa shape index (κ2) is 13.3. The van der Waals surface area contributed by atoms with Crippen molar-refractivity contribution in [2.75, 3.05) is 11.5 Å². The van der Waals surface area contributed by atoms with Crippen LogP contribution in [-0.2, 0) is 0 Å². The van der Waals surface area contributed by atoms with Gasteiger partial charge in [0.2, 0.25) is 0 Å². The van der Waals surface area contributed by atoms with Crippen LogP contribution in [0, 0.1) is 22.3 Å². The van der Waals surface area contributed by atoms with Gasteiger partial charge in [-0.3, -0.25) is 0 Å². The van der Waals surface area contributed by atoms with Crippen molar-refractivity contribution in [3.8, 4) is 22.3 Å². The minimum absolute atomic E-state index is 1.09. The van der Waals surface area contributed by atoms with Gasteiger partial charge in [0.15, 0.2) is 0 Å². The van der Waals surface area contributed by atoms with E-state index in [1.807, 2.05) is 0 Å². The second-order valence-electron chi connectivity index (χ2n) is 4.58. The fourth-order valence-corrected chi connectivity index (χ4v) is 3.10. The average molecular weight is 281 g/mol. The van der Waals surface area contributed by atoms with E-state index in [0.717, 1.165) is 12.8 Å². The van der Waals surface area contributed by atoms with Crippen molar-refractivity contribution in [2.45, 2.75) is 64.2 Å². The normalized spacial score (nSPS) is 20.4. The summed E-state index contributed by atoms with van der Waals surface area (Å²) in [5, 5.41) is 6.46. The quantitative estimate of drug-likeness (QED) is 0.553. The Kier molecular flexibility index (Phi) is 11.7. The lowest BCUT2D eigenvalue weighted by Gasteiger charge is -1.98.